The van der Waals surface area contributed by atoms with E-state index in [9.17, 15) is 4.79 Å². The second-order valence-corrected chi connectivity index (χ2v) is 6.83. The van der Waals surface area contributed by atoms with Gasteiger partial charge in [0.1, 0.15) is 5.69 Å². The van der Waals surface area contributed by atoms with Crippen molar-refractivity contribution in [2.24, 2.45) is 10.9 Å². The molecule has 0 spiro atoms. The van der Waals surface area contributed by atoms with Crippen LogP contribution >= 0.6 is 23.2 Å². The molecule has 2 aromatic rings. The number of rotatable bonds is 7. The molecule has 1 amide bonds. The summed E-state index contributed by atoms with van der Waals surface area (Å²) in [6.07, 6.45) is 7.53. The second-order valence-electron chi connectivity index (χ2n) is 6.02. The Morgan fingerprint density at radius 2 is 2.04 bits per heavy atom. The molecule has 1 aromatic carbocycles. The zero-order chi connectivity index (χ0) is 19.8. The van der Waals surface area contributed by atoms with Gasteiger partial charge in [-0.05, 0) is 24.6 Å². The SMILES string of the molecule is CC/C=C(\C=C/N=Cc1cc(-c2c(Cl)cccc2Cl)no1)NC(=O)C(C)C. The van der Waals surface area contributed by atoms with Gasteiger partial charge in [-0.15, -0.1) is 0 Å². The van der Waals surface area contributed by atoms with Crippen molar-refractivity contribution in [1.29, 1.82) is 0 Å². The average molecular weight is 406 g/mol. The first-order valence-corrected chi connectivity index (χ1v) is 9.29. The summed E-state index contributed by atoms with van der Waals surface area (Å²) < 4.78 is 5.24. The Hall–Kier alpha value is -2.37. The number of aromatic nitrogens is 1. The van der Waals surface area contributed by atoms with Crippen molar-refractivity contribution >= 4 is 35.3 Å². The zero-order valence-electron chi connectivity index (χ0n) is 15.4. The highest BCUT2D eigenvalue weighted by Crippen LogP contribution is 2.33. The van der Waals surface area contributed by atoms with Crippen LogP contribution in [0.5, 0.6) is 0 Å². The van der Waals surface area contributed by atoms with Crippen molar-refractivity contribution in [3.05, 3.63) is 64.1 Å². The molecule has 0 aliphatic heterocycles. The van der Waals surface area contributed by atoms with Crippen molar-refractivity contribution in [3.63, 3.8) is 0 Å². The van der Waals surface area contributed by atoms with Gasteiger partial charge in [0.05, 0.1) is 16.3 Å². The lowest BCUT2D eigenvalue weighted by Crippen LogP contribution is -2.26. The van der Waals surface area contributed by atoms with Gasteiger partial charge in [-0.2, -0.15) is 0 Å². The molecule has 0 aliphatic rings. The number of hydrogen-bond donors (Lipinski definition) is 1. The van der Waals surface area contributed by atoms with Gasteiger partial charge in [-0.25, -0.2) is 0 Å². The van der Waals surface area contributed by atoms with Crippen LogP contribution in [0.4, 0.5) is 0 Å². The molecule has 27 heavy (non-hydrogen) atoms. The summed E-state index contributed by atoms with van der Waals surface area (Å²) in [6, 6.07) is 6.94. The fourth-order valence-corrected chi connectivity index (χ4v) is 2.71. The molecule has 0 atom stereocenters. The number of hydrogen-bond acceptors (Lipinski definition) is 4. The van der Waals surface area contributed by atoms with Crippen LogP contribution in [0.25, 0.3) is 11.3 Å². The molecule has 7 heteroatoms. The Labute approximate surface area is 168 Å². The molecule has 0 saturated carbocycles. The van der Waals surface area contributed by atoms with Gasteiger partial charge in [0.25, 0.3) is 0 Å². The first kappa shape index (κ1) is 20.9. The molecule has 0 bridgehead atoms. The van der Waals surface area contributed by atoms with Gasteiger partial charge in [0.15, 0.2) is 5.76 Å². The third-order valence-electron chi connectivity index (χ3n) is 3.51. The molecule has 0 unspecified atom stereocenters. The fraction of sp³-hybridized carbons (Fsp3) is 0.250. The molecular weight excluding hydrogens is 385 g/mol. The third kappa shape index (κ3) is 6.08. The molecule has 0 aliphatic carbocycles. The number of carbonyl (C=O) groups excluding carboxylic acids is 1. The van der Waals surface area contributed by atoms with Crippen molar-refractivity contribution in [3.8, 4) is 11.3 Å². The Morgan fingerprint density at radius 1 is 1.33 bits per heavy atom. The monoisotopic (exact) mass is 405 g/mol. The van der Waals surface area contributed by atoms with Crippen molar-refractivity contribution < 1.29 is 9.32 Å². The quantitative estimate of drug-likeness (QED) is 0.478. The molecule has 1 heterocycles. The minimum atomic E-state index is -0.0913. The summed E-state index contributed by atoms with van der Waals surface area (Å²) in [6.45, 7) is 5.68. The van der Waals surface area contributed by atoms with E-state index in [1.165, 1.54) is 6.21 Å². The van der Waals surface area contributed by atoms with E-state index in [0.717, 1.165) is 6.42 Å². The van der Waals surface area contributed by atoms with E-state index in [0.29, 0.717) is 32.8 Å². The van der Waals surface area contributed by atoms with E-state index in [-0.39, 0.29) is 11.8 Å². The largest absolute Gasteiger partial charge is 0.355 e. The van der Waals surface area contributed by atoms with Crippen molar-refractivity contribution in [2.45, 2.75) is 27.2 Å². The maximum Gasteiger partial charge on any atom is 0.226 e. The fourth-order valence-electron chi connectivity index (χ4n) is 2.12. The standard InChI is InChI=1S/C20H21Cl2N3O2/c1-4-6-14(24-20(26)13(2)3)9-10-23-12-15-11-18(25-27-15)19-16(21)7-5-8-17(19)22/h5-13H,4H2,1-3H3,(H,24,26)/b10-9-,14-6+,23-12?. The van der Waals surface area contributed by atoms with Crippen LogP contribution in [-0.2, 0) is 4.79 Å². The summed E-state index contributed by atoms with van der Waals surface area (Å²) in [5, 5.41) is 7.82. The number of halogens is 2. The maximum absolute atomic E-state index is 11.8. The van der Waals surface area contributed by atoms with Gasteiger partial charge < -0.3 is 9.84 Å². The summed E-state index contributed by atoms with van der Waals surface area (Å²) in [7, 11) is 0. The Balaban J connectivity index is 2.08. The molecule has 142 valence electrons. The second kappa shape index (κ2) is 10.1. The van der Waals surface area contributed by atoms with E-state index in [4.69, 9.17) is 27.7 Å². The lowest BCUT2D eigenvalue weighted by Gasteiger charge is -2.07. The highest BCUT2D eigenvalue weighted by molar-refractivity contribution is 6.39. The van der Waals surface area contributed by atoms with Crippen molar-refractivity contribution in [2.75, 3.05) is 0 Å². The van der Waals surface area contributed by atoms with Gasteiger partial charge in [0, 0.05) is 29.4 Å². The first-order valence-electron chi connectivity index (χ1n) is 8.54. The number of allylic oxidation sites excluding steroid dienone is 2. The van der Waals surface area contributed by atoms with E-state index < -0.39 is 0 Å². The van der Waals surface area contributed by atoms with E-state index in [2.05, 4.69) is 15.5 Å². The summed E-state index contributed by atoms with van der Waals surface area (Å²) >= 11 is 12.4. The number of aliphatic imine (C=N–C) groups is 1. The highest BCUT2D eigenvalue weighted by Gasteiger charge is 2.12. The summed E-state index contributed by atoms with van der Waals surface area (Å²) in [5.74, 6) is 0.323. The van der Waals surface area contributed by atoms with E-state index in [1.807, 2.05) is 26.8 Å². The molecule has 0 radical (unpaired) electrons. The predicted octanol–water partition coefficient (Wildman–Crippen LogP) is 5.65. The number of amides is 1. The molecular formula is C20H21Cl2N3O2. The van der Waals surface area contributed by atoms with Crippen LogP contribution in [0, 0.1) is 5.92 Å². The number of carbonyl (C=O) groups is 1. The van der Waals surface area contributed by atoms with E-state index in [1.54, 1.807) is 36.5 Å². The van der Waals surface area contributed by atoms with Crippen LogP contribution in [0.15, 0.2) is 57.8 Å². The number of nitrogens with one attached hydrogen (secondary N) is 1. The van der Waals surface area contributed by atoms with Crippen LogP contribution in [0.3, 0.4) is 0 Å². The minimum Gasteiger partial charge on any atom is -0.355 e. The topological polar surface area (TPSA) is 67.5 Å². The lowest BCUT2D eigenvalue weighted by molar-refractivity contribution is -0.123. The van der Waals surface area contributed by atoms with Crippen LogP contribution in [0.2, 0.25) is 10.0 Å². The van der Waals surface area contributed by atoms with Gasteiger partial charge in [-0.3, -0.25) is 9.79 Å². The molecule has 0 saturated heterocycles. The smallest absolute Gasteiger partial charge is 0.226 e. The molecule has 5 nitrogen and oxygen atoms in total. The number of benzene rings is 1. The molecule has 1 N–H and O–H groups in total. The molecule has 1 aromatic heterocycles. The number of nitrogens with zero attached hydrogens (tertiary/aromatic N) is 2. The third-order valence-corrected chi connectivity index (χ3v) is 4.14. The predicted molar refractivity (Wildman–Crippen MR) is 110 cm³/mol. The normalized spacial score (nSPS) is 12.4. The van der Waals surface area contributed by atoms with Crippen LogP contribution in [-0.4, -0.2) is 17.3 Å². The van der Waals surface area contributed by atoms with Crippen molar-refractivity contribution in [1.82, 2.24) is 10.5 Å². The summed E-state index contributed by atoms with van der Waals surface area (Å²) in [4.78, 5) is 16.0. The van der Waals surface area contributed by atoms with Crippen LogP contribution in [0.1, 0.15) is 33.0 Å². The molecule has 2 rings (SSSR count). The maximum atomic E-state index is 11.8. The molecule has 0 fully saturated rings. The Morgan fingerprint density at radius 3 is 2.67 bits per heavy atom. The minimum absolute atomic E-state index is 0.0418. The average Bonchev–Trinajstić information content (AvgIpc) is 3.07. The van der Waals surface area contributed by atoms with Gasteiger partial charge >= 0.3 is 0 Å². The Kier molecular flexibility index (Phi) is 7.82. The summed E-state index contributed by atoms with van der Waals surface area (Å²) in [5.41, 5.74) is 1.85. The first-order chi connectivity index (χ1) is 12.9. The Bertz CT molecular complexity index is 863. The van der Waals surface area contributed by atoms with Gasteiger partial charge in [0.2, 0.25) is 5.91 Å². The lowest BCUT2D eigenvalue weighted by atomic mass is 10.1. The zero-order valence-corrected chi connectivity index (χ0v) is 16.9. The highest BCUT2D eigenvalue weighted by atomic mass is 35.5. The van der Waals surface area contributed by atoms with Gasteiger partial charge in [-0.1, -0.05) is 61.3 Å². The van der Waals surface area contributed by atoms with Crippen LogP contribution < -0.4 is 5.32 Å². The van der Waals surface area contributed by atoms with E-state index >= 15 is 0 Å².